The highest BCUT2D eigenvalue weighted by Gasteiger charge is 2.03. The van der Waals surface area contributed by atoms with Crippen molar-refractivity contribution in [3.05, 3.63) is 64.8 Å². The maximum Gasteiger partial charge on any atom is 0.150 e. The van der Waals surface area contributed by atoms with Crippen LogP contribution in [0.3, 0.4) is 0 Å². The van der Waals surface area contributed by atoms with Crippen molar-refractivity contribution in [2.45, 2.75) is 13.8 Å². The Hall–Kier alpha value is -2.20. The fraction of sp³-hybridized carbons (Fsp3) is 0.111. The van der Waals surface area contributed by atoms with Gasteiger partial charge in [-0.2, -0.15) is 0 Å². The predicted molar refractivity (Wildman–Crippen MR) is 95.9 cm³/mol. The second kappa shape index (κ2) is 7.71. The Morgan fingerprint density at radius 1 is 1.05 bits per heavy atom. The molecule has 4 heteroatoms. The van der Waals surface area contributed by atoms with Crippen LogP contribution in [-0.4, -0.2) is 11.3 Å². The minimum Gasteiger partial charge on any atom is -0.340 e. The summed E-state index contributed by atoms with van der Waals surface area (Å²) in [5.41, 5.74) is 1.56. The molecule has 2 aromatic carbocycles. The summed E-state index contributed by atoms with van der Waals surface area (Å²) >= 11 is 3.48. The van der Waals surface area contributed by atoms with Crippen molar-refractivity contribution in [3.8, 4) is 0 Å². The van der Waals surface area contributed by atoms with Crippen molar-refractivity contribution in [2.75, 3.05) is 5.32 Å². The number of carbonyl (C=O) groups excluding carboxylic acids is 1. The number of pyridine rings is 1. The Bertz CT molecular complexity index is 770. The van der Waals surface area contributed by atoms with Gasteiger partial charge in [-0.05, 0) is 47.9 Å². The molecule has 22 heavy (non-hydrogen) atoms. The van der Waals surface area contributed by atoms with Crippen LogP contribution in [0.1, 0.15) is 24.2 Å². The van der Waals surface area contributed by atoms with Crippen molar-refractivity contribution < 1.29 is 4.79 Å². The van der Waals surface area contributed by atoms with Crippen LogP contribution in [0.25, 0.3) is 10.8 Å². The number of nitrogens with zero attached hydrogens (tertiary/aromatic N) is 1. The van der Waals surface area contributed by atoms with Crippen LogP contribution in [0.15, 0.2) is 59.2 Å². The zero-order valence-electron chi connectivity index (χ0n) is 12.5. The van der Waals surface area contributed by atoms with Crippen molar-refractivity contribution in [2.24, 2.45) is 0 Å². The van der Waals surface area contributed by atoms with E-state index in [4.69, 9.17) is 0 Å². The molecule has 0 spiro atoms. The van der Waals surface area contributed by atoms with E-state index in [2.05, 4.69) is 26.2 Å². The first-order valence-electron chi connectivity index (χ1n) is 7.13. The molecule has 0 saturated heterocycles. The van der Waals surface area contributed by atoms with Gasteiger partial charge in [-0.1, -0.05) is 35.8 Å². The van der Waals surface area contributed by atoms with E-state index in [1.807, 2.05) is 50.2 Å². The SMILES string of the molecule is CC.O=Cc1ccc(Nc2nccc3ccc(Br)cc23)cc1. The fourth-order valence-electron chi connectivity index (χ4n) is 2.02. The number of anilines is 2. The molecular weight excluding hydrogens is 340 g/mol. The van der Waals surface area contributed by atoms with Gasteiger partial charge in [0.15, 0.2) is 0 Å². The Kier molecular flexibility index (Phi) is 5.67. The number of halogens is 1. The summed E-state index contributed by atoms with van der Waals surface area (Å²) in [6.45, 7) is 4.00. The molecule has 0 aliphatic heterocycles. The first-order chi connectivity index (χ1) is 10.8. The Labute approximate surface area is 138 Å². The Morgan fingerprint density at radius 3 is 2.45 bits per heavy atom. The molecule has 0 amide bonds. The van der Waals surface area contributed by atoms with Crippen LogP contribution in [0.2, 0.25) is 0 Å². The normalized spacial score (nSPS) is 9.77. The van der Waals surface area contributed by atoms with E-state index in [-0.39, 0.29) is 0 Å². The first kappa shape index (κ1) is 16.2. The number of benzene rings is 2. The molecule has 3 aromatic rings. The summed E-state index contributed by atoms with van der Waals surface area (Å²) in [6.07, 6.45) is 2.61. The van der Waals surface area contributed by atoms with E-state index in [0.717, 1.165) is 33.0 Å². The molecule has 0 unspecified atom stereocenters. The summed E-state index contributed by atoms with van der Waals surface area (Å²) in [7, 11) is 0. The molecule has 1 aromatic heterocycles. The van der Waals surface area contributed by atoms with E-state index in [1.54, 1.807) is 18.3 Å². The van der Waals surface area contributed by atoms with Gasteiger partial charge in [0.05, 0.1) is 0 Å². The molecule has 0 saturated carbocycles. The third kappa shape index (κ3) is 3.71. The minimum atomic E-state index is 0.657. The maximum atomic E-state index is 10.7. The molecule has 1 heterocycles. The molecule has 0 atom stereocenters. The highest BCUT2D eigenvalue weighted by molar-refractivity contribution is 9.10. The molecule has 0 bridgehead atoms. The quantitative estimate of drug-likeness (QED) is 0.622. The van der Waals surface area contributed by atoms with Crippen molar-refractivity contribution in [1.29, 1.82) is 0 Å². The average molecular weight is 357 g/mol. The van der Waals surface area contributed by atoms with E-state index in [0.29, 0.717) is 5.56 Å². The minimum absolute atomic E-state index is 0.657. The summed E-state index contributed by atoms with van der Waals surface area (Å²) < 4.78 is 1.01. The number of hydrogen-bond donors (Lipinski definition) is 1. The lowest BCUT2D eigenvalue weighted by Gasteiger charge is -2.09. The van der Waals surface area contributed by atoms with Gasteiger partial charge >= 0.3 is 0 Å². The van der Waals surface area contributed by atoms with E-state index in [9.17, 15) is 4.79 Å². The van der Waals surface area contributed by atoms with Gasteiger partial charge in [0.1, 0.15) is 12.1 Å². The van der Waals surface area contributed by atoms with Crippen molar-refractivity contribution >= 4 is 44.5 Å². The second-order valence-electron chi connectivity index (χ2n) is 4.39. The third-order valence-corrected chi connectivity index (χ3v) is 3.53. The summed E-state index contributed by atoms with van der Waals surface area (Å²) in [5, 5.41) is 5.44. The number of nitrogens with one attached hydrogen (secondary N) is 1. The highest BCUT2D eigenvalue weighted by atomic mass is 79.9. The molecular formula is C18H17BrN2O. The smallest absolute Gasteiger partial charge is 0.150 e. The van der Waals surface area contributed by atoms with Crippen LogP contribution >= 0.6 is 15.9 Å². The van der Waals surface area contributed by atoms with Gasteiger partial charge < -0.3 is 5.32 Å². The van der Waals surface area contributed by atoms with E-state index in [1.165, 1.54) is 0 Å². The topological polar surface area (TPSA) is 42.0 Å². The molecule has 0 fully saturated rings. The summed E-state index contributed by atoms with van der Waals surface area (Å²) in [5.74, 6) is 0.794. The van der Waals surface area contributed by atoms with Gasteiger partial charge in [-0.3, -0.25) is 4.79 Å². The lowest BCUT2D eigenvalue weighted by Crippen LogP contribution is -1.94. The number of hydrogen-bond acceptors (Lipinski definition) is 3. The van der Waals surface area contributed by atoms with Gasteiger partial charge in [-0.25, -0.2) is 4.98 Å². The van der Waals surface area contributed by atoms with Crippen molar-refractivity contribution in [3.63, 3.8) is 0 Å². The standard InChI is InChI=1S/C16H11BrN2O.C2H6/c17-13-4-3-12-7-8-18-16(15(12)9-13)19-14-5-1-11(10-20)2-6-14;1-2/h1-10H,(H,18,19);1-2H3. The monoisotopic (exact) mass is 356 g/mol. The predicted octanol–water partition coefficient (Wildman–Crippen LogP) is 5.58. The lowest BCUT2D eigenvalue weighted by atomic mass is 10.1. The van der Waals surface area contributed by atoms with Gasteiger partial charge in [0.25, 0.3) is 0 Å². The van der Waals surface area contributed by atoms with Crippen LogP contribution in [0, 0.1) is 0 Å². The zero-order chi connectivity index (χ0) is 15.9. The van der Waals surface area contributed by atoms with E-state index >= 15 is 0 Å². The molecule has 3 rings (SSSR count). The number of aldehydes is 1. The first-order valence-corrected chi connectivity index (χ1v) is 7.92. The largest absolute Gasteiger partial charge is 0.340 e. The van der Waals surface area contributed by atoms with Gasteiger partial charge in [0, 0.05) is 27.3 Å². The summed E-state index contributed by atoms with van der Waals surface area (Å²) in [6, 6.07) is 15.3. The number of aromatic nitrogens is 1. The Balaban J connectivity index is 0.000000847. The summed E-state index contributed by atoms with van der Waals surface area (Å²) in [4.78, 5) is 15.0. The molecule has 0 aliphatic carbocycles. The third-order valence-electron chi connectivity index (χ3n) is 3.04. The van der Waals surface area contributed by atoms with Gasteiger partial charge in [0.2, 0.25) is 0 Å². The second-order valence-corrected chi connectivity index (χ2v) is 5.31. The molecule has 112 valence electrons. The maximum absolute atomic E-state index is 10.7. The molecule has 0 aliphatic rings. The van der Waals surface area contributed by atoms with E-state index < -0.39 is 0 Å². The van der Waals surface area contributed by atoms with Crippen LogP contribution in [0.5, 0.6) is 0 Å². The van der Waals surface area contributed by atoms with Crippen LogP contribution in [0.4, 0.5) is 11.5 Å². The highest BCUT2D eigenvalue weighted by Crippen LogP contribution is 2.27. The molecule has 3 nitrogen and oxygen atoms in total. The number of fused-ring (bicyclic) bond motifs is 1. The molecule has 1 N–H and O–H groups in total. The zero-order valence-corrected chi connectivity index (χ0v) is 14.1. The van der Waals surface area contributed by atoms with Crippen LogP contribution < -0.4 is 5.32 Å². The van der Waals surface area contributed by atoms with Gasteiger partial charge in [-0.15, -0.1) is 0 Å². The number of carbonyl (C=O) groups is 1. The Morgan fingerprint density at radius 2 is 1.77 bits per heavy atom. The molecule has 0 radical (unpaired) electrons. The fourth-order valence-corrected chi connectivity index (χ4v) is 2.38. The lowest BCUT2D eigenvalue weighted by molar-refractivity contribution is 0.112. The van der Waals surface area contributed by atoms with Crippen LogP contribution in [-0.2, 0) is 0 Å². The van der Waals surface area contributed by atoms with Crippen molar-refractivity contribution in [1.82, 2.24) is 4.98 Å². The number of rotatable bonds is 3. The average Bonchev–Trinajstić information content (AvgIpc) is 2.58.